The summed E-state index contributed by atoms with van der Waals surface area (Å²) >= 11 is 3.85. The zero-order valence-electron chi connectivity index (χ0n) is 17.1. The zero-order valence-corrected chi connectivity index (χ0v) is 18.7. The molecular weight excluding hydrogens is 378 g/mol. The van der Waals surface area contributed by atoms with E-state index in [1.54, 1.807) is 0 Å². The van der Waals surface area contributed by atoms with Gasteiger partial charge in [0.15, 0.2) is 0 Å². The van der Waals surface area contributed by atoms with Gasteiger partial charge in [-0.1, -0.05) is 45.7 Å². The van der Waals surface area contributed by atoms with Gasteiger partial charge in [0.2, 0.25) is 0 Å². The SMILES string of the molecule is CC(C)(C)c1cc(-c2csc(-c3ccc(SCC4CCCC4)cc3)c2)ccn1. The van der Waals surface area contributed by atoms with Gasteiger partial charge in [-0.15, -0.1) is 23.1 Å². The van der Waals surface area contributed by atoms with Crippen molar-refractivity contribution in [3.63, 3.8) is 0 Å². The standard InChI is InChI=1S/C25H29NS2/c1-25(2,3)24-15-20(12-13-26-24)21-14-23(28-17-21)19-8-10-22(11-9-19)27-16-18-6-4-5-7-18/h8-15,17-18H,4-7,16H2,1-3H3. The normalized spacial score (nSPS) is 15.2. The van der Waals surface area contributed by atoms with Crippen molar-refractivity contribution in [2.24, 2.45) is 5.92 Å². The molecule has 1 aromatic carbocycles. The van der Waals surface area contributed by atoms with E-state index >= 15 is 0 Å². The van der Waals surface area contributed by atoms with Crippen LogP contribution in [-0.2, 0) is 5.41 Å². The number of benzene rings is 1. The summed E-state index contributed by atoms with van der Waals surface area (Å²) in [6.45, 7) is 6.64. The van der Waals surface area contributed by atoms with Gasteiger partial charge in [-0.05, 0) is 71.2 Å². The fourth-order valence-electron chi connectivity index (χ4n) is 3.77. The summed E-state index contributed by atoms with van der Waals surface area (Å²) in [4.78, 5) is 7.29. The van der Waals surface area contributed by atoms with Gasteiger partial charge in [0.05, 0.1) is 0 Å². The predicted molar refractivity (Wildman–Crippen MR) is 124 cm³/mol. The Morgan fingerprint density at radius 2 is 1.71 bits per heavy atom. The number of nitrogens with zero attached hydrogens (tertiary/aromatic N) is 1. The molecule has 0 bridgehead atoms. The Morgan fingerprint density at radius 1 is 0.964 bits per heavy atom. The maximum absolute atomic E-state index is 4.56. The largest absolute Gasteiger partial charge is 0.261 e. The predicted octanol–water partition coefficient (Wildman–Crippen LogP) is 8.06. The summed E-state index contributed by atoms with van der Waals surface area (Å²) in [7, 11) is 0. The molecule has 1 aliphatic rings. The molecule has 2 aromatic heterocycles. The van der Waals surface area contributed by atoms with Crippen LogP contribution in [-0.4, -0.2) is 10.7 Å². The van der Waals surface area contributed by atoms with Crippen molar-refractivity contribution >= 4 is 23.1 Å². The third-order valence-corrected chi connectivity index (χ3v) is 7.78. The Kier molecular flexibility index (Phi) is 5.93. The molecule has 0 spiro atoms. The molecule has 4 rings (SSSR count). The summed E-state index contributed by atoms with van der Waals surface area (Å²) in [6.07, 6.45) is 7.65. The van der Waals surface area contributed by atoms with Gasteiger partial charge in [-0.2, -0.15) is 0 Å². The summed E-state index contributed by atoms with van der Waals surface area (Å²) in [6, 6.07) is 15.8. The number of rotatable bonds is 5. The van der Waals surface area contributed by atoms with Crippen LogP contribution >= 0.6 is 23.1 Å². The van der Waals surface area contributed by atoms with Gasteiger partial charge in [0.1, 0.15) is 0 Å². The summed E-state index contributed by atoms with van der Waals surface area (Å²) in [5.41, 5.74) is 5.06. The van der Waals surface area contributed by atoms with Crippen LogP contribution in [0, 0.1) is 5.92 Å². The highest BCUT2D eigenvalue weighted by molar-refractivity contribution is 7.99. The summed E-state index contributed by atoms with van der Waals surface area (Å²) in [5.74, 6) is 2.21. The third kappa shape index (κ3) is 4.69. The number of thiophene rings is 1. The number of pyridine rings is 1. The lowest BCUT2D eigenvalue weighted by molar-refractivity contribution is 0.569. The lowest BCUT2D eigenvalue weighted by atomic mass is 9.90. The minimum absolute atomic E-state index is 0.0703. The van der Waals surface area contributed by atoms with Gasteiger partial charge < -0.3 is 0 Å². The van der Waals surface area contributed by atoms with E-state index in [9.17, 15) is 0 Å². The van der Waals surface area contributed by atoms with Gasteiger partial charge in [-0.3, -0.25) is 4.98 Å². The van der Waals surface area contributed by atoms with E-state index in [0.29, 0.717) is 0 Å². The highest BCUT2D eigenvalue weighted by atomic mass is 32.2. The van der Waals surface area contributed by atoms with E-state index in [0.717, 1.165) is 11.6 Å². The average Bonchev–Trinajstić information content (AvgIpc) is 3.38. The minimum Gasteiger partial charge on any atom is -0.261 e. The Labute approximate surface area is 177 Å². The number of hydrogen-bond acceptors (Lipinski definition) is 3. The average molecular weight is 408 g/mol. The maximum atomic E-state index is 4.56. The molecule has 2 heterocycles. The molecule has 0 unspecified atom stereocenters. The van der Waals surface area contributed by atoms with Crippen LogP contribution in [0.2, 0.25) is 0 Å². The maximum Gasteiger partial charge on any atom is 0.0463 e. The Hall–Kier alpha value is -1.58. The molecule has 0 atom stereocenters. The summed E-state index contributed by atoms with van der Waals surface area (Å²) < 4.78 is 0. The quantitative estimate of drug-likeness (QED) is 0.397. The van der Waals surface area contributed by atoms with Crippen molar-refractivity contribution in [1.82, 2.24) is 4.98 Å². The molecule has 0 radical (unpaired) electrons. The van der Waals surface area contributed by atoms with Crippen LogP contribution < -0.4 is 0 Å². The summed E-state index contributed by atoms with van der Waals surface area (Å²) in [5, 5.41) is 2.26. The molecule has 28 heavy (non-hydrogen) atoms. The highest BCUT2D eigenvalue weighted by Gasteiger charge is 2.17. The number of aromatic nitrogens is 1. The molecule has 0 amide bonds. The van der Waals surface area contributed by atoms with E-state index in [2.05, 4.69) is 73.6 Å². The smallest absolute Gasteiger partial charge is 0.0463 e. The number of thioether (sulfide) groups is 1. The Balaban J connectivity index is 1.47. The highest BCUT2D eigenvalue weighted by Crippen LogP contribution is 2.35. The van der Waals surface area contributed by atoms with E-state index in [-0.39, 0.29) is 5.41 Å². The Bertz CT molecular complexity index is 912. The lowest BCUT2D eigenvalue weighted by Gasteiger charge is -2.18. The van der Waals surface area contributed by atoms with Crippen molar-refractivity contribution in [3.05, 3.63) is 59.7 Å². The van der Waals surface area contributed by atoms with Crippen molar-refractivity contribution < 1.29 is 0 Å². The zero-order chi connectivity index (χ0) is 19.6. The first kappa shape index (κ1) is 19.7. The second kappa shape index (κ2) is 8.42. The molecule has 1 fully saturated rings. The van der Waals surface area contributed by atoms with Crippen molar-refractivity contribution in [3.8, 4) is 21.6 Å². The van der Waals surface area contributed by atoms with Crippen molar-refractivity contribution in [2.75, 3.05) is 5.75 Å². The Morgan fingerprint density at radius 3 is 2.43 bits per heavy atom. The fourth-order valence-corrected chi connectivity index (χ4v) is 5.78. The van der Waals surface area contributed by atoms with E-state index < -0.39 is 0 Å². The van der Waals surface area contributed by atoms with E-state index in [4.69, 9.17) is 0 Å². The van der Waals surface area contributed by atoms with Crippen LogP contribution in [0.4, 0.5) is 0 Å². The molecule has 146 valence electrons. The first-order chi connectivity index (χ1) is 13.5. The second-order valence-corrected chi connectivity index (χ2v) is 10.9. The molecule has 3 heteroatoms. The molecule has 1 saturated carbocycles. The van der Waals surface area contributed by atoms with Crippen LogP contribution in [0.1, 0.15) is 52.1 Å². The van der Waals surface area contributed by atoms with E-state index in [1.807, 2.05) is 29.3 Å². The molecular formula is C25H29NS2. The third-order valence-electron chi connectivity index (χ3n) is 5.56. The van der Waals surface area contributed by atoms with Crippen LogP contribution in [0.25, 0.3) is 21.6 Å². The first-order valence-electron chi connectivity index (χ1n) is 10.3. The van der Waals surface area contributed by atoms with Crippen molar-refractivity contribution in [1.29, 1.82) is 0 Å². The van der Waals surface area contributed by atoms with Crippen LogP contribution in [0.5, 0.6) is 0 Å². The monoisotopic (exact) mass is 407 g/mol. The molecule has 0 saturated heterocycles. The first-order valence-corrected chi connectivity index (χ1v) is 12.1. The van der Waals surface area contributed by atoms with Crippen LogP contribution in [0.3, 0.4) is 0 Å². The molecule has 0 aliphatic heterocycles. The fraction of sp³-hybridized carbons (Fsp3) is 0.400. The number of hydrogen-bond donors (Lipinski definition) is 0. The molecule has 1 nitrogen and oxygen atoms in total. The second-order valence-electron chi connectivity index (χ2n) is 8.87. The molecule has 1 aliphatic carbocycles. The van der Waals surface area contributed by atoms with Gasteiger partial charge in [0.25, 0.3) is 0 Å². The van der Waals surface area contributed by atoms with E-state index in [1.165, 1.54) is 57.9 Å². The van der Waals surface area contributed by atoms with Gasteiger partial charge in [-0.25, -0.2) is 0 Å². The van der Waals surface area contributed by atoms with Gasteiger partial charge >= 0.3 is 0 Å². The van der Waals surface area contributed by atoms with Crippen molar-refractivity contribution in [2.45, 2.75) is 56.8 Å². The van der Waals surface area contributed by atoms with Crippen LogP contribution in [0.15, 0.2) is 58.9 Å². The molecule has 0 N–H and O–H groups in total. The molecule has 3 aromatic rings. The lowest BCUT2D eigenvalue weighted by Crippen LogP contribution is -2.13. The topological polar surface area (TPSA) is 12.9 Å². The van der Waals surface area contributed by atoms with Gasteiger partial charge in [0, 0.05) is 32.8 Å². The minimum atomic E-state index is 0.0703.